The van der Waals surface area contributed by atoms with Crippen molar-refractivity contribution in [1.82, 2.24) is 0 Å². The zero-order valence-electron chi connectivity index (χ0n) is 6.39. The highest BCUT2D eigenvalue weighted by Gasteiger charge is 1.99. The second-order valence-corrected chi connectivity index (χ2v) is 5.00. The van der Waals surface area contributed by atoms with Gasteiger partial charge in [-0.15, -0.1) is 0 Å². The Labute approximate surface area is 59.1 Å². The van der Waals surface area contributed by atoms with Crippen molar-refractivity contribution in [1.29, 1.82) is 0 Å². The fourth-order valence-corrected chi connectivity index (χ4v) is 1.79. The summed E-state index contributed by atoms with van der Waals surface area (Å²) in [6, 6.07) is 1.27. The number of hydrogen-bond donors (Lipinski definition) is 1. The van der Waals surface area contributed by atoms with Crippen LogP contribution in [0.1, 0.15) is 12.8 Å². The molecular formula is C6H17NOSi. The van der Waals surface area contributed by atoms with Crippen LogP contribution in [0.25, 0.3) is 0 Å². The fraction of sp³-hybridized carbons (Fsp3) is 1.00. The van der Waals surface area contributed by atoms with Crippen molar-refractivity contribution >= 4 is 9.04 Å². The molecule has 2 nitrogen and oxygen atoms in total. The first-order chi connectivity index (χ1) is 4.31. The summed E-state index contributed by atoms with van der Waals surface area (Å²) in [7, 11) is 1.04. The van der Waals surface area contributed by atoms with Crippen molar-refractivity contribution in [3.05, 3.63) is 0 Å². The molecule has 1 unspecified atom stereocenters. The Morgan fingerprint density at radius 2 is 2.11 bits per heavy atom. The first-order valence-corrected chi connectivity index (χ1v) is 5.98. The summed E-state index contributed by atoms with van der Waals surface area (Å²) in [5, 5.41) is 0. The minimum atomic E-state index is -0.768. The minimum Gasteiger partial charge on any atom is -0.423 e. The molecule has 0 fully saturated rings. The van der Waals surface area contributed by atoms with Gasteiger partial charge in [0, 0.05) is 7.11 Å². The summed E-state index contributed by atoms with van der Waals surface area (Å²) in [4.78, 5) is 0. The van der Waals surface area contributed by atoms with Crippen LogP contribution < -0.4 is 5.73 Å². The molecule has 0 saturated carbocycles. The highest BCUT2D eigenvalue weighted by Crippen LogP contribution is 1.99. The Kier molecular flexibility index (Phi) is 6.35. The molecule has 3 heteroatoms. The number of unbranched alkanes of at least 4 members (excludes halogenated alkanes) is 1. The van der Waals surface area contributed by atoms with Gasteiger partial charge in [-0.2, -0.15) is 0 Å². The van der Waals surface area contributed by atoms with Crippen LogP contribution in [0.5, 0.6) is 0 Å². The van der Waals surface area contributed by atoms with Gasteiger partial charge < -0.3 is 10.2 Å². The van der Waals surface area contributed by atoms with Crippen LogP contribution in [-0.2, 0) is 4.43 Å². The SMILES string of the molecule is CO[SiH](C)CCCCN. The maximum atomic E-state index is 5.33. The van der Waals surface area contributed by atoms with Crippen LogP contribution in [0.15, 0.2) is 0 Å². The van der Waals surface area contributed by atoms with E-state index in [1.165, 1.54) is 12.5 Å². The summed E-state index contributed by atoms with van der Waals surface area (Å²) in [6.07, 6.45) is 2.40. The van der Waals surface area contributed by atoms with Crippen molar-refractivity contribution in [2.75, 3.05) is 13.7 Å². The van der Waals surface area contributed by atoms with E-state index in [0.29, 0.717) is 0 Å². The lowest BCUT2D eigenvalue weighted by Crippen LogP contribution is -2.10. The lowest BCUT2D eigenvalue weighted by atomic mass is 10.3. The molecule has 0 aliphatic rings. The molecule has 9 heavy (non-hydrogen) atoms. The monoisotopic (exact) mass is 147 g/mol. The van der Waals surface area contributed by atoms with Gasteiger partial charge in [-0.1, -0.05) is 6.42 Å². The molecule has 0 amide bonds. The lowest BCUT2D eigenvalue weighted by Gasteiger charge is -2.04. The van der Waals surface area contributed by atoms with E-state index in [1.807, 2.05) is 0 Å². The van der Waals surface area contributed by atoms with Crippen LogP contribution in [0.2, 0.25) is 12.6 Å². The zero-order chi connectivity index (χ0) is 7.11. The Hall–Kier alpha value is 0.137. The van der Waals surface area contributed by atoms with Gasteiger partial charge in [0.1, 0.15) is 0 Å². The quantitative estimate of drug-likeness (QED) is 0.459. The standard InChI is InChI=1S/C6H17NOSi/c1-8-9(2)6-4-3-5-7/h9H,3-7H2,1-2H3. The van der Waals surface area contributed by atoms with Gasteiger partial charge >= 0.3 is 0 Å². The highest BCUT2D eigenvalue weighted by atomic mass is 28.3. The molecule has 0 spiro atoms. The zero-order valence-corrected chi connectivity index (χ0v) is 7.55. The van der Waals surface area contributed by atoms with E-state index in [0.717, 1.165) is 13.0 Å². The van der Waals surface area contributed by atoms with Gasteiger partial charge in [-0.3, -0.25) is 0 Å². The molecule has 0 heterocycles. The van der Waals surface area contributed by atoms with E-state index < -0.39 is 9.04 Å². The maximum absolute atomic E-state index is 5.33. The lowest BCUT2D eigenvalue weighted by molar-refractivity contribution is 0.422. The molecule has 0 rings (SSSR count). The van der Waals surface area contributed by atoms with Gasteiger partial charge in [0.15, 0.2) is 9.04 Å². The second kappa shape index (κ2) is 6.26. The van der Waals surface area contributed by atoms with E-state index >= 15 is 0 Å². The van der Waals surface area contributed by atoms with E-state index in [1.54, 1.807) is 7.11 Å². The third kappa shape index (κ3) is 6.02. The van der Waals surface area contributed by atoms with Gasteiger partial charge in [0.05, 0.1) is 0 Å². The summed E-state index contributed by atoms with van der Waals surface area (Å²) < 4.78 is 5.19. The maximum Gasteiger partial charge on any atom is 0.173 e. The summed E-state index contributed by atoms with van der Waals surface area (Å²) in [6.45, 7) is 3.04. The van der Waals surface area contributed by atoms with E-state index in [2.05, 4.69) is 6.55 Å². The molecule has 56 valence electrons. The first kappa shape index (κ1) is 9.14. The van der Waals surface area contributed by atoms with Crippen molar-refractivity contribution < 1.29 is 4.43 Å². The predicted molar refractivity (Wildman–Crippen MR) is 43.1 cm³/mol. The molecule has 0 radical (unpaired) electrons. The van der Waals surface area contributed by atoms with Gasteiger partial charge in [-0.05, 0) is 25.6 Å². The molecule has 0 saturated heterocycles. The van der Waals surface area contributed by atoms with Crippen LogP contribution in [0, 0.1) is 0 Å². The second-order valence-electron chi connectivity index (χ2n) is 2.33. The molecule has 1 atom stereocenters. The average Bonchev–Trinajstić information content (AvgIpc) is 1.89. The summed E-state index contributed by atoms with van der Waals surface area (Å²) in [5.74, 6) is 0. The van der Waals surface area contributed by atoms with Crippen LogP contribution in [0.3, 0.4) is 0 Å². The summed E-state index contributed by atoms with van der Waals surface area (Å²) >= 11 is 0. The molecule has 0 aromatic carbocycles. The van der Waals surface area contributed by atoms with Crippen LogP contribution in [-0.4, -0.2) is 22.7 Å². The van der Waals surface area contributed by atoms with Gasteiger partial charge in [-0.25, -0.2) is 0 Å². The Morgan fingerprint density at radius 3 is 2.56 bits per heavy atom. The molecule has 0 aliphatic heterocycles. The van der Waals surface area contributed by atoms with Gasteiger partial charge in [0.25, 0.3) is 0 Å². The Balaban J connectivity index is 2.88. The number of hydrogen-bond acceptors (Lipinski definition) is 2. The van der Waals surface area contributed by atoms with Crippen molar-refractivity contribution in [2.45, 2.75) is 25.4 Å². The van der Waals surface area contributed by atoms with Crippen molar-refractivity contribution in [3.8, 4) is 0 Å². The van der Waals surface area contributed by atoms with Crippen molar-refractivity contribution in [2.24, 2.45) is 5.73 Å². The van der Waals surface area contributed by atoms with Crippen LogP contribution in [0.4, 0.5) is 0 Å². The highest BCUT2D eigenvalue weighted by molar-refractivity contribution is 6.50. The molecule has 2 N–H and O–H groups in total. The normalized spacial score (nSPS) is 13.7. The fourth-order valence-electron chi connectivity index (χ4n) is 0.694. The third-order valence-corrected chi connectivity index (χ3v) is 3.49. The van der Waals surface area contributed by atoms with E-state index in [-0.39, 0.29) is 0 Å². The Bertz CT molecular complexity index is 61.0. The predicted octanol–water partition coefficient (Wildman–Crippen LogP) is 0.725. The smallest absolute Gasteiger partial charge is 0.173 e. The molecule has 0 aromatic heterocycles. The van der Waals surface area contributed by atoms with E-state index in [4.69, 9.17) is 10.2 Å². The molecule has 0 bridgehead atoms. The van der Waals surface area contributed by atoms with Crippen molar-refractivity contribution in [3.63, 3.8) is 0 Å². The van der Waals surface area contributed by atoms with E-state index in [9.17, 15) is 0 Å². The van der Waals surface area contributed by atoms with Crippen LogP contribution >= 0.6 is 0 Å². The topological polar surface area (TPSA) is 35.2 Å². The molecular weight excluding hydrogens is 130 g/mol. The first-order valence-electron chi connectivity index (χ1n) is 3.54. The van der Waals surface area contributed by atoms with Gasteiger partial charge in [0.2, 0.25) is 0 Å². The average molecular weight is 147 g/mol. The molecule has 0 aromatic rings. The summed E-state index contributed by atoms with van der Waals surface area (Å²) in [5.41, 5.74) is 5.33. The largest absolute Gasteiger partial charge is 0.423 e. The number of rotatable bonds is 5. The number of nitrogens with two attached hydrogens (primary N) is 1. The third-order valence-electron chi connectivity index (χ3n) is 1.47. The minimum absolute atomic E-state index is 0.768. The molecule has 0 aliphatic carbocycles. The Morgan fingerprint density at radius 1 is 1.44 bits per heavy atom.